The third-order valence-corrected chi connectivity index (χ3v) is 9.19. The lowest BCUT2D eigenvalue weighted by molar-refractivity contribution is -0.161. The number of nitrogens with two attached hydrogens (primary N) is 1. The van der Waals surface area contributed by atoms with Crippen LogP contribution < -0.4 is 5.73 Å². The first-order valence-corrected chi connectivity index (χ1v) is 21.8. The van der Waals surface area contributed by atoms with Gasteiger partial charge in [0.1, 0.15) is 12.6 Å². The largest absolute Gasteiger partial charge is 0.480 e. The number of hydrogen-bond donors (Lipinski definition) is 3. The van der Waals surface area contributed by atoms with Gasteiger partial charge in [-0.25, -0.2) is 4.57 Å². The summed E-state index contributed by atoms with van der Waals surface area (Å²) in [6, 6.07) is -1.53. The van der Waals surface area contributed by atoms with Gasteiger partial charge < -0.3 is 25.2 Å². The van der Waals surface area contributed by atoms with Crippen molar-refractivity contribution in [3.8, 4) is 0 Å². The quantitative estimate of drug-likeness (QED) is 0.0237. The lowest BCUT2D eigenvalue weighted by atomic mass is 10.1. The van der Waals surface area contributed by atoms with Gasteiger partial charge in [0.15, 0.2) is 6.10 Å². The highest BCUT2D eigenvalue weighted by Crippen LogP contribution is 2.43. The Morgan fingerprint density at radius 3 is 1.56 bits per heavy atom. The van der Waals surface area contributed by atoms with Crippen LogP contribution in [0.3, 0.4) is 0 Å². The van der Waals surface area contributed by atoms with Crippen molar-refractivity contribution in [2.24, 2.45) is 5.73 Å². The summed E-state index contributed by atoms with van der Waals surface area (Å²) < 4.78 is 32.6. The normalized spacial score (nSPS) is 14.4. The number of carboxylic acid groups (broad SMARTS) is 1. The predicted octanol–water partition coefficient (Wildman–Crippen LogP) is 10.4. The zero-order valence-corrected chi connectivity index (χ0v) is 34.2. The molecule has 11 nitrogen and oxygen atoms in total. The molecule has 0 fully saturated rings. The van der Waals surface area contributed by atoms with E-state index in [0.717, 1.165) is 77.0 Å². The van der Waals surface area contributed by atoms with E-state index in [1.807, 2.05) is 0 Å². The average molecular weight is 782 g/mol. The summed E-state index contributed by atoms with van der Waals surface area (Å²) in [5.74, 6) is -2.44. The number of hydrogen-bond acceptors (Lipinski definition) is 9. The number of carbonyl (C=O) groups is 3. The van der Waals surface area contributed by atoms with Gasteiger partial charge in [0.25, 0.3) is 0 Å². The minimum atomic E-state index is -4.72. The highest BCUT2D eigenvalue weighted by atomic mass is 31.2. The molecule has 0 aliphatic heterocycles. The van der Waals surface area contributed by atoms with Gasteiger partial charge in [-0.15, -0.1) is 0 Å². The van der Waals surface area contributed by atoms with Crippen LogP contribution in [-0.2, 0) is 37.5 Å². The number of carboxylic acids is 1. The van der Waals surface area contributed by atoms with E-state index in [-0.39, 0.29) is 19.4 Å². The lowest BCUT2D eigenvalue weighted by Gasteiger charge is -2.20. The van der Waals surface area contributed by atoms with Crippen LogP contribution in [0.4, 0.5) is 0 Å². The monoisotopic (exact) mass is 781 g/mol. The van der Waals surface area contributed by atoms with E-state index in [2.05, 4.69) is 79.1 Å². The molecular formula is C42H72NO10P. The van der Waals surface area contributed by atoms with Crippen molar-refractivity contribution in [2.75, 3.05) is 19.8 Å². The molecule has 4 N–H and O–H groups in total. The van der Waals surface area contributed by atoms with Crippen molar-refractivity contribution in [1.82, 2.24) is 0 Å². The molecule has 1 unspecified atom stereocenters. The van der Waals surface area contributed by atoms with Gasteiger partial charge in [-0.3, -0.25) is 23.4 Å². The fourth-order valence-electron chi connectivity index (χ4n) is 4.97. The van der Waals surface area contributed by atoms with Crippen molar-refractivity contribution < 1.29 is 47.5 Å². The molecule has 12 heteroatoms. The summed E-state index contributed by atoms with van der Waals surface area (Å²) in [4.78, 5) is 45.8. The number of ether oxygens (including phenoxy) is 2. The SMILES string of the molecule is CCCC/C=C\CCCCCCCC(=O)OC[C@H](COP(=O)(O)OC[C@H](N)C(=O)O)OC(=O)CCCCC/C=C\C/C=C\C/C=C\C/C=C\CCCCC. The standard InChI is InChI=1S/C42H72NO10P/c1-3-5-7-9-11-13-15-16-17-18-19-20-21-22-24-26-28-30-32-34-41(45)53-38(36-51-54(48,49)52-37-39(43)42(46)47)35-50-40(44)33-31-29-27-25-23-14-12-10-8-6-4-2/h10-13,16-17,19-20,22,24,38-39H,3-9,14-15,18,21,23,25-37,43H2,1-2H3,(H,46,47)(H,48,49)/b12-10-,13-11-,17-16-,20-19-,24-22-/t38-,39+/m1/s1. The van der Waals surface area contributed by atoms with Gasteiger partial charge in [-0.05, 0) is 77.0 Å². The molecule has 0 bridgehead atoms. The molecule has 0 aromatic rings. The first kappa shape index (κ1) is 51.2. The maximum atomic E-state index is 12.6. The molecule has 0 aromatic carbocycles. The second kappa shape index (κ2) is 37.1. The van der Waals surface area contributed by atoms with Crippen LogP contribution in [-0.4, -0.2) is 59.9 Å². The van der Waals surface area contributed by atoms with Crippen LogP contribution in [0.5, 0.6) is 0 Å². The van der Waals surface area contributed by atoms with Gasteiger partial charge in [-0.1, -0.05) is 126 Å². The summed E-state index contributed by atoms with van der Waals surface area (Å²) >= 11 is 0. The van der Waals surface area contributed by atoms with E-state index < -0.39 is 51.1 Å². The second-order valence-corrected chi connectivity index (χ2v) is 14.9. The van der Waals surface area contributed by atoms with Crippen LogP contribution in [0.2, 0.25) is 0 Å². The summed E-state index contributed by atoms with van der Waals surface area (Å²) in [5, 5.41) is 8.87. The summed E-state index contributed by atoms with van der Waals surface area (Å²) in [6.45, 7) is 2.67. The van der Waals surface area contributed by atoms with Crippen LogP contribution in [0.25, 0.3) is 0 Å². The minimum absolute atomic E-state index is 0.119. The summed E-state index contributed by atoms with van der Waals surface area (Å²) in [7, 11) is -4.72. The maximum absolute atomic E-state index is 12.6. The van der Waals surface area contributed by atoms with Crippen molar-refractivity contribution in [1.29, 1.82) is 0 Å². The molecule has 0 aromatic heterocycles. The van der Waals surface area contributed by atoms with Crippen molar-refractivity contribution >= 4 is 25.7 Å². The Morgan fingerprint density at radius 2 is 1.00 bits per heavy atom. The molecule has 0 aliphatic rings. The third kappa shape index (κ3) is 36.2. The minimum Gasteiger partial charge on any atom is -0.480 e. The Kier molecular flexibility index (Phi) is 35.2. The number of unbranched alkanes of at least 4 members (excludes halogenated alkanes) is 13. The van der Waals surface area contributed by atoms with Gasteiger partial charge >= 0.3 is 25.7 Å². The summed E-state index contributed by atoms with van der Waals surface area (Å²) in [5.41, 5.74) is 5.32. The molecule has 0 heterocycles. The molecule has 310 valence electrons. The molecular weight excluding hydrogens is 709 g/mol. The smallest absolute Gasteiger partial charge is 0.472 e. The molecule has 0 amide bonds. The zero-order valence-electron chi connectivity index (χ0n) is 33.3. The fourth-order valence-corrected chi connectivity index (χ4v) is 5.75. The van der Waals surface area contributed by atoms with Crippen LogP contribution in [0.1, 0.15) is 155 Å². The van der Waals surface area contributed by atoms with E-state index in [9.17, 15) is 23.8 Å². The summed E-state index contributed by atoms with van der Waals surface area (Å²) in [6.07, 6.45) is 41.5. The van der Waals surface area contributed by atoms with Crippen LogP contribution >= 0.6 is 7.82 Å². The Labute approximate surface area is 326 Å². The number of esters is 2. The highest BCUT2D eigenvalue weighted by Gasteiger charge is 2.28. The van der Waals surface area contributed by atoms with E-state index in [1.54, 1.807) is 0 Å². The first-order chi connectivity index (χ1) is 26.1. The number of phosphoric ester groups is 1. The van der Waals surface area contributed by atoms with Crippen molar-refractivity contribution in [3.63, 3.8) is 0 Å². The van der Waals surface area contributed by atoms with E-state index in [0.29, 0.717) is 12.8 Å². The van der Waals surface area contributed by atoms with Crippen molar-refractivity contribution in [3.05, 3.63) is 60.8 Å². The molecule has 3 atom stereocenters. The zero-order chi connectivity index (χ0) is 40.0. The number of allylic oxidation sites excluding steroid dienone is 10. The topological polar surface area (TPSA) is 172 Å². The van der Waals surface area contributed by atoms with Gasteiger partial charge in [0.05, 0.1) is 13.2 Å². The molecule has 54 heavy (non-hydrogen) atoms. The number of carbonyl (C=O) groups excluding carboxylic acids is 2. The Morgan fingerprint density at radius 1 is 0.574 bits per heavy atom. The lowest BCUT2D eigenvalue weighted by Crippen LogP contribution is -2.34. The highest BCUT2D eigenvalue weighted by molar-refractivity contribution is 7.47. The Bertz CT molecular complexity index is 1150. The average Bonchev–Trinajstić information content (AvgIpc) is 3.14. The molecule has 0 saturated carbocycles. The maximum Gasteiger partial charge on any atom is 0.472 e. The van der Waals surface area contributed by atoms with Gasteiger partial charge in [0.2, 0.25) is 0 Å². The fraction of sp³-hybridized carbons (Fsp3) is 0.690. The third-order valence-electron chi connectivity index (χ3n) is 8.24. The van der Waals surface area contributed by atoms with Gasteiger partial charge in [-0.2, -0.15) is 0 Å². The van der Waals surface area contributed by atoms with Crippen LogP contribution in [0.15, 0.2) is 60.8 Å². The first-order valence-electron chi connectivity index (χ1n) is 20.3. The number of phosphoric acid groups is 1. The Balaban J connectivity index is 4.48. The Hall–Kier alpha value is -2.82. The van der Waals surface area contributed by atoms with E-state index >= 15 is 0 Å². The number of rotatable bonds is 37. The van der Waals surface area contributed by atoms with E-state index in [4.69, 9.17) is 24.8 Å². The molecule has 0 spiro atoms. The van der Waals surface area contributed by atoms with Crippen molar-refractivity contribution in [2.45, 2.75) is 167 Å². The van der Waals surface area contributed by atoms with Crippen LogP contribution in [0, 0.1) is 0 Å². The second-order valence-electron chi connectivity index (χ2n) is 13.4. The molecule has 0 saturated heterocycles. The number of aliphatic carboxylic acids is 1. The predicted molar refractivity (Wildman–Crippen MR) is 217 cm³/mol. The molecule has 0 aliphatic carbocycles. The molecule has 0 radical (unpaired) electrons. The van der Waals surface area contributed by atoms with E-state index in [1.165, 1.54) is 38.5 Å². The van der Waals surface area contributed by atoms with Gasteiger partial charge in [0, 0.05) is 12.8 Å². The molecule has 0 rings (SSSR count).